The zero-order valence-electron chi connectivity index (χ0n) is 26.9. The number of carbonyl (C=O) groups is 5. The van der Waals surface area contributed by atoms with Gasteiger partial charge in [-0.05, 0) is 76.5 Å². The fourth-order valence-electron chi connectivity index (χ4n) is 5.70. The zero-order valence-corrected chi connectivity index (χ0v) is 26.9. The van der Waals surface area contributed by atoms with E-state index in [9.17, 15) is 24.0 Å². The van der Waals surface area contributed by atoms with Gasteiger partial charge in [-0.15, -0.1) is 13.2 Å². The predicted octanol–water partition coefficient (Wildman–Crippen LogP) is 4.44. The Kier molecular flexibility index (Phi) is 14.4. The number of nitrogens with zero attached hydrogens (tertiary/aromatic N) is 1. The number of hydrogen-bond donors (Lipinski definition) is 3. The normalized spacial score (nSPS) is 20.6. The molecular formula is C33H54N4O6. The minimum absolute atomic E-state index is 0.0576. The van der Waals surface area contributed by atoms with Crippen molar-refractivity contribution in [3.05, 3.63) is 25.3 Å². The number of rotatable bonds is 16. The summed E-state index contributed by atoms with van der Waals surface area (Å²) in [5.41, 5.74) is -0.686. The summed E-state index contributed by atoms with van der Waals surface area (Å²) >= 11 is 0. The summed E-state index contributed by atoms with van der Waals surface area (Å²) < 4.78 is 5.64. The van der Waals surface area contributed by atoms with Crippen LogP contribution in [0, 0.1) is 17.8 Å². The maximum absolute atomic E-state index is 14.3. The van der Waals surface area contributed by atoms with Crippen molar-refractivity contribution in [2.24, 2.45) is 17.8 Å². The molecule has 1 aliphatic carbocycles. The van der Waals surface area contributed by atoms with Crippen LogP contribution in [0.3, 0.4) is 0 Å². The molecule has 1 saturated heterocycles. The number of carbonyl (C=O) groups excluding carboxylic acids is 5. The van der Waals surface area contributed by atoms with Crippen molar-refractivity contribution < 1.29 is 28.7 Å². The van der Waals surface area contributed by atoms with Crippen LogP contribution in [0.4, 0.5) is 4.79 Å². The first kappa shape index (κ1) is 36.0. The van der Waals surface area contributed by atoms with Crippen LogP contribution in [0.1, 0.15) is 98.8 Å². The van der Waals surface area contributed by atoms with Crippen LogP contribution in [0.25, 0.3) is 0 Å². The fraction of sp³-hybridized carbons (Fsp3) is 0.727. The maximum Gasteiger partial charge on any atom is 0.408 e. The third-order valence-electron chi connectivity index (χ3n) is 8.89. The lowest BCUT2D eigenvalue weighted by molar-refractivity contribution is -0.143. The van der Waals surface area contributed by atoms with E-state index in [0.29, 0.717) is 32.2 Å². The maximum atomic E-state index is 14.3. The molecule has 0 aromatic rings. The number of allylic oxidation sites excluding steroid dienone is 1. The molecule has 0 aromatic heterocycles. The molecule has 43 heavy (non-hydrogen) atoms. The molecule has 2 aliphatic rings. The van der Waals surface area contributed by atoms with Crippen molar-refractivity contribution in [1.29, 1.82) is 0 Å². The Morgan fingerprint density at radius 3 is 2.21 bits per heavy atom. The van der Waals surface area contributed by atoms with E-state index in [2.05, 4.69) is 43.0 Å². The Morgan fingerprint density at radius 2 is 1.63 bits per heavy atom. The number of nitrogens with one attached hydrogen (secondary N) is 3. The van der Waals surface area contributed by atoms with Crippen molar-refractivity contribution in [1.82, 2.24) is 20.9 Å². The van der Waals surface area contributed by atoms with Gasteiger partial charge in [0.25, 0.3) is 5.91 Å². The minimum Gasteiger partial charge on any atom is -0.444 e. The lowest BCUT2D eigenvalue weighted by atomic mass is 9.83. The van der Waals surface area contributed by atoms with Crippen molar-refractivity contribution in [3.63, 3.8) is 0 Å². The van der Waals surface area contributed by atoms with Crippen molar-refractivity contribution in [2.45, 2.75) is 123 Å². The van der Waals surface area contributed by atoms with Crippen LogP contribution >= 0.6 is 0 Å². The number of alkyl carbamates (subject to hydrolysis) is 1. The Labute approximate surface area is 257 Å². The first-order valence-corrected chi connectivity index (χ1v) is 16.0. The third kappa shape index (κ3) is 10.8. The van der Waals surface area contributed by atoms with Gasteiger partial charge in [-0.2, -0.15) is 0 Å². The summed E-state index contributed by atoms with van der Waals surface area (Å²) in [5, 5.41) is 8.23. The molecule has 10 heteroatoms. The number of ether oxygens (including phenoxy) is 1. The van der Waals surface area contributed by atoms with Gasteiger partial charge in [0.1, 0.15) is 17.7 Å². The Hall–Kier alpha value is -3.17. The monoisotopic (exact) mass is 602 g/mol. The second kappa shape index (κ2) is 17.2. The highest BCUT2D eigenvalue weighted by Crippen LogP contribution is 2.33. The van der Waals surface area contributed by atoms with Gasteiger partial charge in [-0.1, -0.05) is 52.2 Å². The van der Waals surface area contributed by atoms with E-state index in [1.165, 1.54) is 0 Å². The lowest BCUT2D eigenvalue weighted by Crippen LogP contribution is -2.58. The predicted molar refractivity (Wildman–Crippen MR) is 167 cm³/mol. The van der Waals surface area contributed by atoms with E-state index in [1.54, 1.807) is 17.1 Å². The van der Waals surface area contributed by atoms with Crippen molar-refractivity contribution >= 4 is 29.6 Å². The van der Waals surface area contributed by atoms with Gasteiger partial charge in [0, 0.05) is 13.1 Å². The van der Waals surface area contributed by atoms with Gasteiger partial charge in [-0.25, -0.2) is 4.79 Å². The number of Topliss-reactive ketones (excluding diaryl/α,β-unsaturated/α-hetero) is 1. The van der Waals surface area contributed by atoms with E-state index >= 15 is 0 Å². The van der Waals surface area contributed by atoms with Gasteiger partial charge < -0.3 is 25.6 Å². The second-order valence-corrected chi connectivity index (χ2v) is 12.9. The molecule has 0 bridgehead atoms. The summed E-state index contributed by atoms with van der Waals surface area (Å²) in [6.07, 6.45) is 9.40. The van der Waals surface area contributed by atoms with Gasteiger partial charge in [0.15, 0.2) is 0 Å². The van der Waals surface area contributed by atoms with Gasteiger partial charge in [0.2, 0.25) is 17.6 Å². The van der Waals surface area contributed by atoms with Crippen LogP contribution in [0.15, 0.2) is 25.3 Å². The molecule has 4 atom stereocenters. The van der Waals surface area contributed by atoms with E-state index in [4.69, 9.17) is 4.74 Å². The first-order valence-electron chi connectivity index (χ1n) is 16.0. The second-order valence-electron chi connectivity index (χ2n) is 12.9. The van der Waals surface area contributed by atoms with E-state index < -0.39 is 47.4 Å². The molecule has 1 unspecified atom stereocenters. The van der Waals surface area contributed by atoms with Crippen molar-refractivity contribution in [2.75, 3.05) is 13.1 Å². The molecule has 1 heterocycles. The molecule has 1 saturated carbocycles. The molecule has 3 N–H and O–H groups in total. The first-order chi connectivity index (χ1) is 20.3. The number of hydrogen-bond acceptors (Lipinski definition) is 6. The van der Waals surface area contributed by atoms with E-state index in [0.717, 1.165) is 32.1 Å². The van der Waals surface area contributed by atoms with Crippen LogP contribution in [0.2, 0.25) is 0 Å². The summed E-state index contributed by atoms with van der Waals surface area (Å²) in [6, 6.07) is -2.71. The van der Waals surface area contributed by atoms with Crippen LogP contribution in [-0.2, 0) is 23.9 Å². The van der Waals surface area contributed by atoms with Crippen LogP contribution in [-0.4, -0.2) is 71.3 Å². The molecule has 1 aliphatic heterocycles. The van der Waals surface area contributed by atoms with Gasteiger partial charge in [-0.3, -0.25) is 19.2 Å². The Bertz CT molecular complexity index is 1000. The molecule has 2 rings (SSSR count). The quantitative estimate of drug-likeness (QED) is 0.136. The fourth-order valence-corrected chi connectivity index (χ4v) is 5.70. The Balaban J connectivity index is 2.31. The molecule has 2 fully saturated rings. The molecule has 10 nitrogen and oxygen atoms in total. The number of likely N-dealkylation sites (tertiary alicyclic amines) is 1. The summed E-state index contributed by atoms with van der Waals surface area (Å²) in [7, 11) is 0. The summed E-state index contributed by atoms with van der Waals surface area (Å²) in [4.78, 5) is 68.2. The lowest BCUT2D eigenvalue weighted by Gasteiger charge is -2.35. The van der Waals surface area contributed by atoms with Gasteiger partial charge in [0.05, 0.1) is 6.04 Å². The third-order valence-corrected chi connectivity index (χ3v) is 8.89. The highest BCUT2D eigenvalue weighted by Gasteiger charge is 2.45. The topological polar surface area (TPSA) is 134 Å². The van der Waals surface area contributed by atoms with Crippen molar-refractivity contribution in [3.8, 4) is 0 Å². The molecule has 242 valence electrons. The molecule has 4 amide bonds. The highest BCUT2D eigenvalue weighted by molar-refractivity contribution is 6.38. The number of ketones is 1. The SMILES string of the molecule is C=CCCNC(=O)C(=O)C(CCC=C)NC(=O)[C@@H]1C[C@@H](C(C)C)CN1C(=O)[C@@H](NC(=O)OC(C)(C)CC)C1CCCCC1. The molecule has 0 spiro atoms. The molecular weight excluding hydrogens is 548 g/mol. The van der Waals surface area contributed by atoms with Gasteiger partial charge >= 0.3 is 6.09 Å². The smallest absolute Gasteiger partial charge is 0.408 e. The summed E-state index contributed by atoms with van der Waals surface area (Å²) in [5.74, 6) is -2.10. The molecule has 0 radical (unpaired) electrons. The standard InChI is InChI=1S/C33H54N4O6/c1-8-11-18-25(28(38)30(40)34-19-12-9-2)35-29(39)26-20-24(22(4)5)21-37(26)31(41)27(23-16-14-13-15-17-23)36-32(42)43-33(6,7)10-3/h8-9,22-27H,1-2,10-21H2,3-7H3,(H,34,40)(H,35,39)(H,36,42)/t24-,25?,26+,27+/m1/s1. The van der Waals surface area contributed by atoms with Crippen LogP contribution in [0.5, 0.6) is 0 Å². The minimum atomic E-state index is -1.05. The van der Waals surface area contributed by atoms with E-state index in [1.807, 2.05) is 20.8 Å². The number of amides is 4. The average Bonchev–Trinajstić information content (AvgIpc) is 3.44. The highest BCUT2D eigenvalue weighted by atomic mass is 16.6. The largest absolute Gasteiger partial charge is 0.444 e. The van der Waals surface area contributed by atoms with E-state index in [-0.39, 0.29) is 36.6 Å². The Morgan fingerprint density at radius 1 is 0.977 bits per heavy atom. The average molecular weight is 603 g/mol. The van der Waals surface area contributed by atoms with Crippen LogP contribution < -0.4 is 16.0 Å². The summed E-state index contributed by atoms with van der Waals surface area (Å²) in [6.45, 7) is 17.6. The zero-order chi connectivity index (χ0) is 32.2. The molecule has 0 aromatic carbocycles.